The molecule has 0 aromatic heterocycles. The maximum absolute atomic E-state index is 11.6. The molecule has 1 aliphatic heterocycles. The number of alkyl carbamates (subject to hydrolysis) is 1. The zero-order chi connectivity index (χ0) is 12.6. The minimum absolute atomic E-state index is 0.217. The molecule has 0 radical (unpaired) electrons. The van der Waals surface area contributed by atoms with Gasteiger partial charge in [-0.05, 0) is 24.9 Å². The lowest BCUT2D eigenvalue weighted by Gasteiger charge is -2.16. The van der Waals surface area contributed by atoms with Gasteiger partial charge in [-0.25, -0.2) is 4.79 Å². The van der Waals surface area contributed by atoms with Gasteiger partial charge >= 0.3 is 6.09 Å². The molecule has 0 bridgehead atoms. The number of hydrogen-bond donors (Lipinski definition) is 1. The summed E-state index contributed by atoms with van der Waals surface area (Å²) in [6.45, 7) is 9.67. The molecule has 1 N–H and O–H groups in total. The second kappa shape index (κ2) is 4.61. The van der Waals surface area contributed by atoms with Crippen LogP contribution in [-0.4, -0.2) is 51.9 Å². The monoisotopic (exact) mass is 256 g/mol. The Balaban J connectivity index is 1.60. The molecule has 1 saturated heterocycles. The van der Waals surface area contributed by atoms with Gasteiger partial charge in [0.1, 0.15) is 0 Å². The van der Waals surface area contributed by atoms with E-state index in [1.54, 1.807) is 0 Å². The minimum atomic E-state index is -1.09. The highest BCUT2D eigenvalue weighted by atomic mass is 28.3. The van der Waals surface area contributed by atoms with Gasteiger partial charge in [0, 0.05) is 27.2 Å². The van der Waals surface area contributed by atoms with Crippen LogP contribution in [0.3, 0.4) is 0 Å². The van der Waals surface area contributed by atoms with Crippen molar-refractivity contribution >= 4 is 14.2 Å². The number of likely N-dealkylation sites (tertiary alicyclic amines) is 1. The Morgan fingerprint density at radius 1 is 1.35 bits per heavy atom. The molecule has 0 spiro atoms. The first-order valence-corrected chi connectivity index (χ1v) is 10.2. The molecular formula is C12H24N2O2Si. The van der Waals surface area contributed by atoms with Gasteiger partial charge in [-0.2, -0.15) is 0 Å². The molecule has 0 unspecified atom stereocenters. The fourth-order valence-corrected chi connectivity index (χ4v) is 3.29. The summed E-state index contributed by atoms with van der Waals surface area (Å²) in [7, 11) is 1.04. The average molecular weight is 256 g/mol. The van der Waals surface area contributed by atoms with E-state index in [1.165, 1.54) is 0 Å². The Labute approximate surface area is 105 Å². The third-order valence-electron chi connectivity index (χ3n) is 3.75. The number of piperidine rings is 1. The van der Waals surface area contributed by atoms with Crippen molar-refractivity contribution in [3.8, 4) is 0 Å². The van der Waals surface area contributed by atoms with Crippen LogP contribution in [0.25, 0.3) is 0 Å². The number of rotatable bonds is 4. The Morgan fingerprint density at radius 3 is 2.47 bits per heavy atom. The van der Waals surface area contributed by atoms with Crippen LogP contribution in [0.2, 0.25) is 25.7 Å². The van der Waals surface area contributed by atoms with Crippen LogP contribution in [0.15, 0.2) is 0 Å². The van der Waals surface area contributed by atoms with Crippen LogP contribution < -0.4 is 5.32 Å². The molecule has 3 atom stereocenters. The van der Waals surface area contributed by atoms with E-state index >= 15 is 0 Å². The lowest BCUT2D eigenvalue weighted by atomic mass is 10.4. The molecule has 1 saturated carbocycles. The van der Waals surface area contributed by atoms with Crippen molar-refractivity contribution in [2.45, 2.75) is 31.7 Å². The molecule has 2 fully saturated rings. The molecule has 1 amide bonds. The molecule has 0 aromatic carbocycles. The number of hydrogen-bond acceptors (Lipinski definition) is 3. The summed E-state index contributed by atoms with van der Waals surface area (Å²) in [6.07, 6.45) is -0.217. The molecule has 2 aliphatic rings. The molecule has 2 rings (SSSR count). The predicted octanol–water partition coefficient (Wildman–Crippen LogP) is 1.61. The lowest BCUT2D eigenvalue weighted by molar-refractivity contribution is 0.149. The largest absolute Gasteiger partial charge is 0.450 e. The van der Waals surface area contributed by atoms with Gasteiger partial charge in [-0.1, -0.05) is 19.6 Å². The molecule has 0 aromatic rings. The highest BCUT2D eigenvalue weighted by molar-refractivity contribution is 6.76. The van der Waals surface area contributed by atoms with E-state index in [1.807, 2.05) is 0 Å². The third-order valence-corrected chi connectivity index (χ3v) is 5.45. The van der Waals surface area contributed by atoms with Crippen LogP contribution in [-0.2, 0) is 4.74 Å². The zero-order valence-corrected chi connectivity index (χ0v) is 12.3. The molecule has 1 heterocycles. The normalized spacial score (nSPS) is 32.1. The SMILES string of the molecule is CN1C[C@@H]2[C@H](C1)[C@H]2NC(=O)OCC[Si](C)(C)C. The van der Waals surface area contributed by atoms with E-state index < -0.39 is 8.07 Å². The topological polar surface area (TPSA) is 41.6 Å². The fraction of sp³-hybridized carbons (Fsp3) is 0.917. The van der Waals surface area contributed by atoms with Crippen LogP contribution in [0.4, 0.5) is 4.79 Å². The van der Waals surface area contributed by atoms with Gasteiger partial charge in [0.25, 0.3) is 0 Å². The van der Waals surface area contributed by atoms with Crippen LogP contribution in [0.1, 0.15) is 0 Å². The van der Waals surface area contributed by atoms with Crippen molar-refractivity contribution in [3.05, 3.63) is 0 Å². The van der Waals surface area contributed by atoms with Crippen molar-refractivity contribution in [2.75, 3.05) is 26.7 Å². The van der Waals surface area contributed by atoms with Crippen molar-refractivity contribution in [1.29, 1.82) is 0 Å². The second-order valence-corrected chi connectivity index (χ2v) is 12.3. The number of nitrogens with zero attached hydrogens (tertiary/aromatic N) is 1. The molecule has 17 heavy (non-hydrogen) atoms. The van der Waals surface area contributed by atoms with Crippen molar-refractivity contribution in [1.82, 2.24) is 10.2 Å². The molecule has 1 aliphatic carbocycles. The predicted molar refractivity (Wildman–Crippen MR) is 70.9 cm³/mol. The lowest BCUT2D eigenvalue weighted by Crippen LogP contribution is -2.34. The number of carbonyl (C=O) groups is 1. The summed E-state index contributed by atoms with van der Waals surface area (Å²) in [5, 5.41) is 2.99. The molecular weight excluding hydrogens is 232 g/mol. The Hall–Kier alpha value is -0.553. The van der Waals surface area contributed by atoms with Gasteiger partial charge in [0.05, 0.1) is 6.61 Å². The van der Waals surface area contributed by atoms with E-state index in [9.17, 15) is 4.79 Å². The highest BCUT2D eigenvalue weighted by Crippen LogP contribution is 2.44. The summed E-state index contributed by atoms with van der Waals surface area (Å²) < 4.78 is 5.23. The van der Waals surface area contributed by atoms with Gasteiger partial charge in [-0.15, -0.1) is 0 Å². The standard InChI is InChI=1S/C12H24N2O2Si/c1-14-7-9-10(8-14)11(9)13-12(15)16-5-6-17(2,3)4/h9-11H,5-8H2,1-4H3,(H,13,15)/t9-,10+,11+. The van der Waals surface area contributed by atoms with Crippen molar-refractivity contribution < 1.29 is 9.53 Å². The summed E-state index contributed by atoms with van der Waals surface area (Å²) in [5.41, 5.74) is 0. The smallest absolute Gasteiger partial charge is 0.407 e. The molecule has 4 nitrogen and oxygen atoms in total. The first kappa shape index (κ1) is 12.9. The number of carbonyl (C=O) groups excluding carboxylic acids is 1. The summed E-state index contributed by atoms with van der Waals surface area (Å²) in [6, 6.07) is 1.42. The first-order chi connectivity index (χ1) is 7.87. The quantitative estimate of drug-likeness (QED) is 0.777. The minimum Gasteiger partial charge on any atom is -0.450 e. The molecule has 98 valence electrons. The zero-order valence-electron chi connectivity index (χ0n) is 11.3. The maximum Gasteiger partial charge on any atom is 0.407 e. The number of amides is 1. The van der Waals surface area contributed by atoms with Gasteiger partial charge in [0.2, 0.25) is 0 Å². The average Bonchev–Trinajstić information content (AvgIpc) is 2.65. The third kappa shape index (κ3) is 3.45. The first-order valence-electron chi connectivity index (χ1n) is 6.49. The Bertz CT molecular complexity index is 291. The van der Waals surface area contributed by atoms with E-state index in [-0.39, 0.29) is 6.09 Å². The number of nitrogens with one attached hydrogen (secondary N) is 1. The Morgan fingerprint density at radius 2 is 1.94 bits per heavy atom. The van der Waals surface area contributed by atoms with Gasteiger partial charge in [-0.3, -0.25) is 0 Å². The van der Waals surface area contributed by atoms with Crippen molar-refractivity contribution in [3.63, 3.8) is 0 Å². The van der Waals surface area contributed by atoms with Crippen LogP contribution in [0.5, 0.6) is 0 Å². The Kier molecular flexibility index (Phi) is 3.50. The van der Waals surface area contributed by atoms with E-state index in [2.05, 4.69) is 36.9 Å². The van der Waals surface area contributed by atoms with E-state index in [0.717, 1.165) is 19.1 Å². The summed E-state index contributed by atoms with van der Waals surface area (Å²) in [4.78, 5) is 13.9. The van der Waals surface area contributed by atoms with Gasteiger partial charge in [0.15, 0.2) is 0 Å². The van der Waals surface area contributed by atoms with Crippen molar-refractivity contribution in [2.24, 2.45) is 11.8 Å². The highest BCUT2D eigenvalue weighted by Gasteiger charge is 2.55. The van der Waals surface area contributed by atoms with E-state index in [0.29, 0.717) is 24.5 Å². The van der Waals surface area contributed by atoms with Crippen LogP contribution >= 0.6 is 0 Å². The van der Waals surface area contributed by atoms with Gasteiger partial charge < -0.3 is 15.0 Å². The maximum atomic E-state index is 11.6. The van der Waals surface area contributed by atoms with Crippen LogP contribution in [0, 0.1) is 11.8 Å². The van der Waals surface area contributed by atoms with E-state index in [4.69, 9.17) is 4.74 Å². The summed E-state index contributed by atoms with van der Waals surface area (Å²) >= 11 is 0. The molecule has 5 heteroatoms. The summed E-state index contributed by atoms with van der Waals surface area (Å²) in [5.74, 6) is 1.34. The number of ether oxygens (including phenoxy) is 1. The second-order valence-electron chi connectivity index (χ2n) is 6.67. The fourth-order valence-electron chi connectivity index (χ4n) is 2.58. The number of fused-ring (bicyclic) bond motifs is 1.